The molecule has 0 amide bonds. The fourth-order valence-electron chi connectivity index (χ4n) is 5.65. The lowest BCUT2D eigenvalue weighted by Crippen LogP contribution is -2.54. The summed E-state index contributed by atoms with van der Waals surface area (Å²) in [6.07, 6.45) is 12.2. The predicted molar refractivity (Wildman–Crippen MR) is 169 cm³/mol. The van der Waals surface area contributed by atoms with Crippen molar-refractivity contribution >= 4 is 11.3 Å². The van der Waals surface area contributed by atoms with Crippen molar-refractivity contribution in [2.24, 2.45) is 5.73 Å². The third-order valence-electron chi connectivity index (χ3n) is 8.11. The maximum absolute atomic E-state index is 6.87. The van der Waals surface area contributed by atoms with E-state index in [-0.39, 0.29) is 0 Å². The van der Waals surface area contributed by atoms with E-state index in [1.54, 1.807) is 17.5 Å². The summed E-state index contributed by atoms with van der Waals surface area (Å²) in [7, 11) is 0. The van der Waals surface area contributed by atoms with Crippen molar-refractivity contribution in [1.82, 2.24) is 25.1 Å². The Morgan fingerprint density at radius 1 is 1.15 bits per heavy atom. The van der Waals surface area contributed by atoms with Crippen molar-refractivity contribution in [2.45, 2.75) is 58.0 Å². The van der Waals surface area contributed by atoms with Crippen LogP contribution in [0.4, 0.5) is 0 Å². The highest BCUT2D eigenvalue weighted by atomic mass is 32.1. The van der Waals surface area contributed by atoms with Crippen LogP contribution in [0.1, 0.15) is 50.7 Å². The Kier molecular flexibility index (Phi) is 9.88. The number of aryl methyl sites for hydroxylation is 1. The molecule has 41 heavy (non-hydrogen) atoms. The quantitative estimate of drug-likeness (QED) is 0.278. The molecule has 0 saturated carbocycles. The van der Waals surface area contributed by atoms with Gasteiger partial charge in [0.1, 0.15) is 11.4 Å². The Morgan fingerprint density at radius 2 is 2.00 bits per heavy atom. The molecule has 0 bridgehead atoms. The van der Waals surface area contributed by atoms with E-state index in [9.17, 15) is 0 Å². The van der Waals surface area contributed by atoms with E-state index in [0.29, 0.717) is 12.5 Å². The first kappa shape index (κ1) is 29.5. The second kappa shape index (κ2) is 13.7. The van der Waals surface area contributed by atoms with E-state index in [1.165, 1.54) is 25.9 Å². The van der Waals surface area contributed by atoms with Crippen molar-refractivity contribution in [3.63, 3.8) is 0 Å². The Hall–Kier alpha value is -3.04. The fraction of sp³-hybridized carbons (Fsp3) is 0.455. The zero-order valence-electron chi connectivity index (χ0n) is 24.7. The Balaban J connectivity index is 1.20. The van der Waals surface area contributed by atoms with Crippen LogP contribution in [0.25, 0.3) is 11.3 Å². The first-order chi connectivity index (χ1) is 20.0. The summed E-state index contributed by atoms with van der Waals surface area (Å²) in [4.78, 5) is 14.7. The molecule has 0 radical (unpaired) electrons. The van der Waals surface area contributed by atoms with Crippen LogP contribution >= 0.6 is 11.3 Å². The monoisotopic (exact) mass is 572 g/mol. The molecule has 2 unspecified atom stereocenters. The van der Waals surface area contributed by atoms with Crippen LogP contribution in [0.5, 0.6) is 10.8 Å². The largest absolute Gasteiger partial charge is 0.444 e. The van der Waals surface area contributed by atoms with Gasteiger partial charge in [-0.05, 0) is 37.9 Å². The van der Waals surface area contributed by atoms with E-state index in [0.717, 1.165) is 71.1 Å². The van der Waals surface area contributed by atoms with Crippen LogP contribution in [0, 0.1) is 0 Å². The molecular weight excluding hydrogens is 528 g/mol. The number of piperazine rings is 1. The minimum absolute atomic E-state index is 0.658. The summed E-state index contributed by atoms with van der Waals surface area (Å²) >= 11 is 1.59. The number of rotatable bonds is 12. The molecule has 5 rings (SSSR count). The molecule has 8 heteroatoms. The lowest BCUT2D eigenvalue weighted by molar-refractivity contribution is 0.0737. The van der Waals surface area contributed by atoms with Crippen molar-refractivity contribution in [2.75, 3.05) is 39.3 Å². The van der Waals surface area contributed by atoms with E-state index in [1.807, 2.05) is 30.3 Å². The summed E-state index contributed by atoms with van der Waals surface area (Å²) in [5.41, 5.74) is 10.0. The molecule has 3 heterocycles. The van der Waals surface area contributed by atoms with Crippen molar-refractivity contribution in [3.8, 4) is 22.1 Å². The number of likely N-dealkylation sites (N-methyl/N-ethyl adjacent to an activating group) is 1. The van der Waals surface area contributed by atoms with Gasteiger partial charge in [-0.25, -0.2) is 4.98 Å². The third-order valence-corrected chi connectivity index (χ3v) is 9.19. The molecule has 0 spiro atoms. The first-order valence-electron chi connectivity index (χ1n) is 15.1. The number of nitrogens with two attached hydrogens (primary N) is 1. The van der Waals surface area contributed by atoms with Crippen LogP contribution in [0.2, 0.25) is 0 Å². The summed E-state index contributed by atoms with van der Waals surface area (Å²) < 4.78 is 6.40. The van der Waals surface area contributed by atoms with Crippen LogP contribution in [0.3, 0.4) is 0 Å². The number of aromatic nitrogens is 2. The van der Waals surface area contributed by atoms with Crippen LogP contribution in [0.15, 0.2) is 72.6 Å². The molecule has 2 aliphatic rings. The van der Waals surface area contributed by atoms with Gasteiger partial charge in [-0.3, -0.25) is 9.88 Å². The second-order valence-electron chi connectivity index (χ2n) is 11.0. The Bertz CT molecular complexity index is 1340. The number of thiazole rings is 1. The van der Waals surface area contributed by atoms with Crippen LogP contribution < -0.4 is 15.8 Å². The standard InChI is InChI=1S/C33H44N6OS/c1-4-10-27-24-38(6-3)21-22-39(27)20-19-35-26-13-16-33(34,17-14-26)29-23-28(15-18-36-29)40-32-31(37-30(5-2)41-32)25-11-8-7-9-12-25/h7-9,11-16,18,23,27,35H,4-6,10,17,19-22,24,34H2,1-3H3. The molecule has 7 nitrogen and oxygen atoms in total. The zero-order chi connectivity index (χ0) is 28.7. The minimum Gasteiger partial charge on any atom is -0.444 e. The average molecular weight is 573 g/mol. The van der Waals surface area contributed by atoms with E-state index < -0.39 is 5.54 Å². The van der Waals surface area contributed by atoms with Gasteiger partial charge in [0.15, 0.2) is 0 Å². The summed E-state index contributed by atoms with van der Waals surface area (Å²) in [5.74, 6) is 0.717. The molecule has 1 fully saturated rings. The van der Waals surface area contributed by atoms with Gasteiger partial charge in [0, 0.05) is 62.3 Å². The van der Waals surface area contributed by atoms with Crippen LogP contribution in [-0.2, 0) is 12.0 Å². The smallest absolute Gasteiger partial charge is 0.208 e. The van der Waals surface area contributed by atoms with Crippen molar-refractivity contribution in [1.29, 1.82) is 0 Å². The van der Waals surface area contributed by atoms with E-state index in [2.05, 4.69) is 71.2 Å². The first-order valence-corrected chi connectivity index (χ1v) is 15.9. The van der Waals surface area contributed by atoms with Crippen molar-refractivity contribution in [3.05, 3.63) is 83.3 Å². The van der Waals surface area contributed by atoms with Gasteiger partial charge in [0.25, 0.3) is 0 Å². The third kappa shape index (κ3) is 7.25. The van der Waals surface area contributed by atoms with Crippen LogP contribution in [-0.4, -0.2) is 65.1 Å². The van der Waals surface area contributed by atoms with Gasteiger partial charge in [0.2, 0.25) is 5.06 Å². The predicted octanol–water partition coefficient (Wildman–Crippen LogP) is 5.95. The highest BCUT2D eigenvalue weighted by Gasteiger charge is 2.29. The molecule has 3 N–H and O–H groups in total. The number of benzene rings is 1. The lowest BCUT2D eigenvalue weighted by atomic mass is 9.87. The molecule has 1 aliphatic heterocycles. The number of hydrogen-bond donors (Lipinski definition) is 2. The number of ether oxygens (including phenoxy) is 1. The molecule has 2 atom stereocenters. The summed E-state index contributed by atoms with van der Waals surface area (Å²) in [6, 6.07) is 14.7. The Morgan fingerprint density at radius 3 is 2.73 bits per heavy atom. The molecule has 3 aromatic rings. The summed E-state index contributed by atoms with van der Waals surface area (Å²) in [6.45, 7) is 13.3. The SMILES string of the molecule is CCCC1CN(CC)CCN1CCNC1=CCC(N)(c2cc(Oc3sc(CC)nc3-c3ccccc3)ccn2)C=C1. The van der Waals surface area contributed by atoms with Crippen molar-refractivity contribution < 1.29 is 4.74 Å². The number of nitrogens with one attached hydrogen (secondary N) is 1. The maximum Gasteiger partial charge on any atom is 0.208 e. The van der Waals surface area contributed by atoms with Gasteiger partial charge >= 0.3 is 0 Å². The minimum atomic E-state index is -0.683. The Labute approximate surface area is 249 Å². The van der Waals surface area contributed by atoms with Gasteiger partial charge < -0.3 is 20.7 Å². The van der Waals surface area contributed by atoms with Gasteiger partial charge in [0.05, 0.1) is 16.2 Å². The highest BCUT2D eigenvalue weighted by Crippen LogP contribution is 2.39. The van der Waals surface area contributed by atoms with E-state index >= 15 is 0 Å². The average Bonchev–Trinajstić information content (AvgIpc) is 3.42. The topological polar surface area (TPSA) is 79.5 Å². The second-order valence-corrected chi connectivity index (χ2v) is 12.0. The highest BCUT2D eigenvalue weighted by molar-refractivity contribution is 7.14. The maximum atomic E-state index is 6.87. The lowest BCUT2D eigenvalue weighted by Gasteiger charge is -2.41. The molecule has 218 valence electrons. The van der Waals surface area contributed by atoms with Gasteiger partial charge in [-0.15, -0.1) is 0 Å². The molecule has 1 aromatic carbocycles. The molecule has 1 aliphatic carbocycles. The zero-order valence-corrected chi connectivity index (χ0v) is 25.5. The van der Waals surface area contributed by atoms with Gasteiger partial charge in [-0.2, -0.15) is 0 Å². The summed E-state index contributed by atoms with van der Waals surface area (Å²) in [5, 5.41) is 5.47. The number of nitrogens with zero attached hydrogens (tertiary/aromatic N) is 4. The number of hydrogen-bond acceptors (Lipinski definition) is 8. The molecular formula is C33H44N6OS. The fourth-order valence-corrected chi connectivity index (χ4v) is 6.54. The van der Waals surface area contributed by atoms with Gasteiger partial charge in [-0.1, -0.05) is 81.0 Å². The van der Waals surface area contributed by atoms with E-state index in [4.69, 9.17) is 15.5 Å². The molecule has 1 saturated heterocycles. The molecule has 2 aromatic heterocycles. The number of pyridine rings is 1. The normalized spacial score (nSPS) is 21.6. The number of allylic oxidation sites excluding steroid dienone is 1.